The van der Waals surface area contributed by atoms with Crippen LogP contribution in [0.3, 0.4) is 0 Å². The quantitative estimate of drug-likeness (QED) is 0.468. The van der Waals surface area contributed by atoms with Gasteiger partial charge in [0.2, 0.25) is 5.82 Å². The number of aromatic nitrogens is 5. The van der Waals surface area contributed by atoms with Crippen LogP contribution in [0.15, 0.2) is 54.6 Å². The first-order chi connectivity index (χ1) is 15.0. The van der Waals surface area contributed by atoms with Crippen molar-refractivity contribution in [1.82, 2.24) is 36.0 Å². The monoisotopic (exact) mass is 433 g/mol. The molecular weight excluding hydrogens is 414 g/mol. The van der Waals surface area contributed by atoms with E-state index in [4.69, 9.17) is 0 Å². The van der Waals surface area contributed by atoms with E-state index in [2.05, 4.69) is 31.2 Å². The minimum absolute atomic E-state index is 0.389. The number of benzene rings is 2. The fraction of sp³-hybridized carbons (Fsp3) is 0.143. The van der Waals surface area contributed by atoms with Gasteiger partial charge >= 0.3 is 0 Å². The maximum Gasteiger partial charge on any atom is 0.281 e. The molecule has 0 unspecified atom stereocenters. The van der Waals surface area contributed by atoms with Crippen LogP contribution in [0.5, 0.6) is 0 Å². The lowest BCUT2D eigenvalue weighted by Gasteiger charge is -2.07. The average molecular weight is 433 g/mol. The Labute approximate surface area is 182 Å². The first-order valence-electron chi connectivity index (χ1n) is 9.46. The van der Waals surface area contributed by atoms with Crippen LogP contribution in [-0.2, 0) is 6.54 Å². The van der Waals surface area contributed by atoms with Gasteiger partial charge in [0, 0.05) is 11.1 Å². The van der Waals surface area contributed by atoms with Crippen molar-refractivity contribution < 1.29 is 9.59 Å². The predicted molar refractivity (Wildman–Crippen MR) is 115 cm³/mol. The molecule has 2 heterocycles. The molecule has 0 saturated carbocycles. The fourth-order valence-corrected chi connectivity index (χ4v) is 3.74. The third kappa shape index (κ3) is 4.81. The van der Waals surface area contributed by atoms with Crippen molar-refractivity contribution in [2.75, 3.05) is 0 Å². The molecule has 0 aliphatic rings. The molecule has 10 heteroatoms. The van der Waals surface area contributed by atoms with Crippen LogP contribution in [-0.4, -0.2) is 37.0 Å². The SMILES string of the molecule is Cc1nc(C)c(C(=O)NNC(=O)c2ccc(Cn3nnc(-c4ccccc4)n3)cc2)s1. The van der Waals surface area contributed by atoms with Gasteiger partial charge in [0.05, 0.1) is 17.2 Å². The van der Waals surface area contributed by atoms with Crippen molar-refractivity contribution in [3.8, 4) is 11.4 Å². The van der Waals surface area contributed by atoms with Crippen LogP contribution in [0.25, 0.3) is 11.4 Å². The summed E-state index contributed by atoms with van der Waals surface area (Å²) in [7, 11) is 0. The van der Waals surface area contributed by atoms with Crippen molar-refractivity contribution >= 4 is 23.2 Å². The van der Waals surface area contributed by atoms with Gasteiger partial charge in [-0.05, 0) is 36.8 Å². The third-order valence-electron chi connectivity index (χ3n) is 4.42. The Hall–Kier alpha value is -3.92. The number of thiazole rings is 1. The molecule has 2 N–H and O–H groups in total. The highest BCUT2D eigenvalue weighted by Crippen LogP contribution is 2.16. The molecule has 156 valence electrons. The van der Waals surface area contributed by atoms with Crippen molar-refractivity contribution in [3.05, 3.63) is 81.3 Å². The summed E-state index contributed by atoms with van der Waals surface area (Å²) in [6, 6.07) is 16.6. The minimum Gasteiger partial charge on any atom is -0.267 e. The lowest BCUT2D eigenvalue weighted by atomic mass is 10.1. The molecule has 4 rings (SSSR count). The second kappa shape index (κ2) is 8.84. The highest BCUT2D eigenvalue weighted by atomic mass is 32.1. The molecule has 0 spiro atoms. The second-order valence-corrected chi connectivity index (χ2v) is 7.97. The Kier molecular flexibility index (Phi) is 5.80. The number of rotatable bonds is 5. The van der Waals surface area contributed by atoms with E-state index in [0.717, 1.165) is 16.1 Å². The van der Waals surface area contributed by atoms with Gasteiger partial charge in [0.15, 0.2) is 0 Å². The molecule has 4 aromatic rings. The molecule has 0 radical (unpaired) electrons. The van der Waals surface area contributed by atoms with Crippen LogP contribution in [0.2, 0.25) is 0 Å². The van der Waals surface area contributed by atoms with E-state index in [1.165, 1.54) is 16.1 Å². The van der Waals surface area contributed by atoms with E-state index in [9.17, 15) is 9.59 Å². The largest absolute Gasteiger partial charge is 0.281 e. The van der Waals surface area contributed by atoms with Gasteiger partial charge in [-0.2, -0.15) is 4.80 Å². The third-order valence-corrected chi connectivity index (χ3v) is 5.50. The molecule has 31 heavy (non-hydrogen) atoms. The zero-order valence-corrected chi connectivity index (χ0v) is 17.7. The highest BCUT2D eigenvalue weighted by molar-refractivity contribution is 7.13. The van der Waals surface area contributed by atoms with Gasteiger partial charge in [-0.15, -0.1) is 21.5 Å². The summed E-state index contributed by atoms with van der Waals surface area (Å²) in [6.45, 7) is 4.00. The van der Waals surface area contributed by atoms with Gasteiger partial charge in [-0.1, -0.05) is 42.5 Å². The normalized spacial score (nSPS) is 10.6. The molecule has 9 nitrogen and oxygen atoms in total. The number of carbonyl (C=O) groups excluding carboxylic acids is 2. The zero-order chi connectivity index (χ0) is 21.8. The maximum atomic E-state index is 12.3. The molecule has 2 amide bonds. The van der Waals surface area contributed by atoms with Crippen molar-refractivity contribution in [2.45, 2.75) is 20.4 Å². The number of hydrazine groups is 1. The number of tetrazole rings is 1. The van der Waals surface area contributed by atoms with Gasteiger partial charge in [-0.3, -0.25) is 20.4 Å². The van der Waals surface area contributed by atoms with Crippen molar-refractivity contribution in [1.29, 1.82) is 0 Å². The summed E-state index contributed by atoms with van der Waals surface area (Å²) >= 11 is 1.28. The standard InChI is InChI=1S/C21H19N7O2S/c1-13-18(31-14(2)22-13)21(30)25-24-20(29)17-10-8-15(9-11-17)12-28-26-19(23-27-28)16-6-4-3-5-7-16/h3-11H,12H2,1-2H3,(H,24,29)(H,25,30). The molecule has 2 aromatic carbocycles. The van der Waals surface area contributed by atoms with Crippen LogP contribution < -0.4 is 10.9 Å². The maximum absolute atomic E-state index is 12.3. The summed E-state index contributed by atoms with van der Waals surface area (Å²) < 4.78 is 0. The molecule has 0 aliphatic heterocycles. The smallest absolute Gasteiger partial charge is 0.267 e. The van der Waals surface area contributed by atoms with Gasteiger partial charge in [0.25, 0.3) is 11.8 Å². The van der Waals surface area contributed by atoms with Crippen LogP contribution >= 0.6 is 11.3 Å². The Balaban J connectivity index is 1.35. The number of hydrogen-bond acceptors (Lipinski definition) is 7. The fourth-order valence-electron chi connectivity index (χ4n) is 2.92. The molecule has 0 aliphatic carbocycles. The Morgan fingerprint density at radius 3 is 2.35 bits per heavy atom. The molecule has 2 aromatic heterocycles. The lowest BCUT2D eigenvalue weighted by molar-refractivity contribution is 0.0848. The van der Waals surface area contributed by atoms with Crippen LogP contribution in [0.1, 0.15) is 36.3 Å². The van der Waals surface area contributed by atoms with E-state index < -0.39 is 5.91 Å². The average Bonchev–Trinajstić information content (AvgIpc) is 3.38. The number of hydrogen-bond donors (Lipinski definition) is 2. The number of amides is 2. The molecule has 0 bridgehead atoms. The van der Waals surface area contributed by atoms with Gasteiger partial charge < -0.3 is 0 Å². The lowest BCUT2D eigenvalue weighted by Crippen LogP contribution is -2.41. The van der Waals surface area contributed by atoms with Crippen LogP contribution in [0.4, 0.5) is 0 Å². The number of aryl methyl sites for hydroxylation is 2. The van der Waals surface area contributed by atoms with E-state index >= 15 is 0 Å². The van der Waals surface area contributed by atoms with E-state index in [-0.39, 0.29) is 5.91 Å². The summed E-state index contributed by atoms with van der Waals surface area (Å²) in [5.41, 5.74) is 7.70. The van der Waals surface area contributed by atoms with Crippen molar-refractivity contribution in [3.63, 3.8) is 0 Å². The zero-order valence-electron chi connectivity index (χ0n) is 16.9. The Morgan fingerprint density at radius 1 is 0.968 bits per heavy atom. The molecule has 0 atom stereocenters. The molecular formula is C21H19N7O2S. The highest BCUT2D eigenvalue weighted by Gasteiger charge is 2.15. The van der Waals surface area contributed by atoms with Gasteiger partial charge in [-0.25, -0.2) is 4.98 Å². The predicted octanol–water partition coefficient (Wildman–Crippen LogP) is 2.54. The Morgan fingerprint density at radius 2 is 1.68 bits per heavy atom. The van der Waals surface area contributed by atoms with Crippen LogP contribution in [0, 0.1) is 13.8 Å². The summed E-state index contributed by atoms with van der Waals surface area (Å²) in [4.78, 5) is 30.7. The summed E-state index contributed by atoms with van der Waals surface area (Å²) in [6.07, 6.45) is 0. The minimum atomic E-state index is -0.413. The first kappa shape index (κ1) is 20.4. The van der Waals surface area contributed by atoms with Crippen molar-refractivity contribution in [2.24, 2.45) is 0 Å². The van der Waals surface area contributed by atoms with E-state index in [1.807, 2.05) is 37.3 Å². The number of nitrogens with zero attached hydrogens (tertiary/aromatic N) is 5. The van der Waals surface area contributed by atoms with E-state index in [0.29, 0.717) is 28.5 Å². The topological polar surface area (TPSA) is 115 Å². The Bertz CT molecular complexity index is 1220. The number of nitrogens with one attached hydrogen (secondary N) is 2. The first-order valence-corrected chi connectivity index (χ1v) is 10.3. The molecule has 0 fully saturated rings. The number of carbonyl (C=O) groups is 2. The molecule has 0 saturated heterocycles. The summed E-state index contributed by atoms with van der Waals surface area (Å²) in [5.74, 6) is -0.248. The summed E-state index contributed by atoms with van der Waals surface area (Å²) in [5, 5.41) is 13.3. The van der Waals surface area contributed by atoms with E-state index in [1.54, 1.807) is 31.2 Å². The van der Waals surface area contributed by atoms with Gasteiger partial charge in [0.1, 0.15) is 4.88 Å². The second-order valence-electron chi connectivity index (χ2n) is 6.76.